The summed E-state index contributed by atoms with van der Waals surface area (Å²) in [7, 11) is 1.76. The molecule has 2 aliphatic heterocycles. The van der Waals surface area contributed by atoms with Crippen LogP contribution < -0.4 is 0 Å². The van der Waals surface area contributed by atoms with Gasteiger partial charge in [0.15, 0.2) is 0 Å². The first-order valence-electron chi connectivity index (χ1n) is 10.9. The van der Waals surface area contributed by atoms with E-state index in [1.165, 1.54) is 12.8 Å². The summed E-state index contributed by atoms with van der Waals surface area (Å²) in [5, 5.41) is 0. The highest BCUT2D eigenvalue weighted by Crippen LogP contribution is 2.23. The van der Waals surface area contributed by atoms with Crippen molar-refractivity contribution in [2.24, 2.45) is 5.92 Å². The SMILES string of the molecule is CCN1CCCC1CN(CC1CCN(CCOC)CC1)C(=O)c1cccnc1. The lowest BCUT2D eigenvalue weighted by Gasteiger charge is -2.36. The number of nitrogens with zero attached hydrogens (tertiary/aromatic N) is 4. The highest BCUT2D eigenvalue weighted by Gasteiger charge is 2.30. The zero-order valence-corrected chi connectivity index (χ0v) is 17.6. The minimum atomic E-state index is 0.137. The molecule has 0 spiro atoms. The highest BCUT2D eigenvalue weighted by atomic mass is 16.5. The fourth-order valence-corrected chi connectivity index (χ4v) is 4.61. The van der Waals surface area contributed by atoms with Crippen LogP contribution in [0.4, 0.5) is 0 Å². The third kappa shape index (κ3) is 5.75. The number of pyridine rings is 1. The number of aromatic nitrogens is 1. The minimum absolute atomic E-state index is 0.137. The van der Waals surface area contributed by atoms with Crippen LogP contribution in [-0.2, 0) is 4.74 Å². The molecule has 0 radical (unpaired) electrons. The third-order valence-electron chi connectivity index (χ3n) is 6.33. The average Bonchev–Trinajstić information content (AvgIpc) is 3.20. The third-order valence-corrected chi connectivity index (χ3v) is 6.33. The molecule has 0 saturated carbocycles. The molecule has 1 atom stereocenters. The second-order valence-electron chi connectivity index (χ2n) is 8.15. The van der Waals surface area contributed by atoms with Crippen LogP contribution in [0.25, 0.3) is 0 Å². The number of rotatable bonds is 9. The largest absolute Gasteiger partial charge is 0.383 e. The molecule has 0 aromatic carbocycles. The van der Waals surface area contributed by atoms with Gasteiger partial charge in [-0.1, -0.05) is 6.92 Å². The van der Waals surface area contributed by atoms with Gasteiger partial charge in [-0.15, -0.1) is 0 Å². The Morgan fingerprint density at radius 2 is 2.07 bits per heavy atom. The summed E-state index contributed by atoms with van der Waals surface area (Å²) in [6, 6.07) is 4.24. The summed E-state index contributed by atoms with van der Waals surface area (Å²) in [6.07, 6.45) is 8.18. The number of amides is 1. The van der Waals surface area contributed by atoms with Gasteiger partial charge in [0, 0.05) is 45.2 Å². The number of hydrogen-bond donors (Lipinski definition) is 0. The second-order valence-corrected chi connectivity index (χ2v) is 8.15. The maximum Gasteiger partial charge on any atom is 0.255 e. The fourth-order valence-electron chi connectivity index (χ4n) is 4.61. The Morgan fingerprint density at radius 1 is 1.25 bits per heavy atom. The van der Waals surface area contributed by atoms with Crippen LogP contribution >= 0.6 is 0 Å². The van der Waals surface area contributed by atoms with Gasteiger partial charge in [0.2, 0.25) is 0 Å². The Balaban J connectivity index is 1.62. The van der Waals surface area contributed by atoms with Gasteiger partial charge >= 0.3 is 0 Å². The van der Waals surface area contributed by atoms with Crippen LogP contribution in [0.5, 0.6) is 0 Å². The number of likely N-dealkylation sites (N-methyl/N-ethyl adjacent to an activating group) is 1. The predicted octanol–water partition coefficient (Wildman–Crippen LogP) is 2.37. The van der Waals surface area contributed by atoms with Crippen molar-refractivity contribution in [3.63, 3.8) is 0 Å². The Kier molecular flexibility index (Phi) is 8.25. The Bertz CT molecular complexity index is 589. The molecule has 0 aliphatic carbocycles. The molecule has 1 aromatic rings. The summed E-state index contributed by atoms with van der Waals surface area (Å²) in [5.41, 5.74) is 0.709. The van der Waals surface area contributed by atoms with Gasteiger partial charge in [-0.2, -0.15) is 0 Å². The van der Waals surface area contributed by atoms with Crippen molar-refractivity contribution < 1.29 is 9.53 Å². The zero-order valence-electron chi connectivity index (χ0n) is 17.6. The van der Waals surface area contributed by atoms with Crippen LogP contribution in [0.15, 0.2) is 24.5 Å². The van der Waals surface area contributed by atoms with Crippen molar-refractivity contribution in [1.29, 1.82) is 0 Å². The van der Waals surface area contributed by atoms with Gasteiger partial charge in [0.05, 0.1) is 12.2 Å². The summed E-state index contributed by atoms with van der Waals surface area (Å²) in [5.74, 6) is 0.716. The maximum absolute atomic E-state index is 13.2. The molecule has 28 heavy (non-hydrogen) atoms. The van der Waals surface area contributed by atoms with E-state index >= 15 is 0 Å². The van der Waals surface area contributed by atoms with Crippen molar-refractivity contribution in [2.45, 2.75) is 38.6 Å². The smallest absolute Gasteiger partial charge is 0.255 e. The molecule has 6 heteroatoms. The minimum Gasteiger partial charge on any atom is -0.383 e. The summed E-state index contributed by atoms with van der Waals surface area (Å²) in [6.45, 7) is 10.2. The Hall–Kier alpha value is -1.50. The van der Waals surface area contributed by atoms with Crippen molar-refractivity contribution >= 4 is 5.91 Å². The molecule has 3 rings (SSSR count). The van der Waals surface area contributed by atoms with Crippen molar-refractivity contribution in [3.05, 3.63) is 30.1 Å². The molecular formula is C22H36N4O2. The fraction of sp³-hybridized carbons (Fsp3) is 0.727. The van der Waals surface area contributed by atoms with Crippen molar-refractivity contribution in [2.75, 3.05) is 59.5 Å². The number of carbonyl (C=O) groups excluding carboxylic acids is 1. The van der Waals surface area contributed by atoms with Gasteiger partial charge in [-0.25, -0.2) is 0 Å². The molecule has 6 nitrogen and oxygen atoms in total. The highest BCUT2D eigenvalue weighted by molar-refractivity contribution is 5.93. The van der Waals surface area contributed by atoms with Crippen LogP contribution in [0, 0.1) is 5.92 Å². The summed E-state index contributed by atoms with van der Waals surface area (Å²) in [4.78, 5) is 24.5. The number of carbonyl (C=O) groups is 1. The zero-order chi connectivity index (χ0) is 19.8. The first-order chi connectivity index (χ1) is 13.7. The van der Waals surface area contributed by atoms with E-state index in [0.29, 0.717) is 17.5 Å². The lowest BCUT2D eigenvalue weighted by molar-refractivity contribution is 0.0616. The van der Waals surface area contributed by atoms with Gasteiger partial charge in [0.1, 0.15) is 0 Å². The topological polar surface area (TPSA) is 48.9 Å². The Morgan fingerprint density at radius 3 is 2.75 bits per heavy atom. The van der Waals surface area contributed by atoms with E-state index in [2.05, 4.69) is 26.6 Å². The molecular weight excluding hydrogens is 352 g/mol. The van der Waals surface area contributed by atoms with E-state index in [9.17, 15) is 4.79 Å². The molecule has 2 aliphatic rings. The van der Waals surface area contributed by atoms with Gasteiger partial charge in [0.25, 0.3) is 5.91 Å². The normalized spacial score (nSPS) is 21.9. The van der Waals surface area contributed by atoms with Gasteiger partial charge in [-0.05, 0) is 69.9 Å². The monoisotopic (exact) mass is 388 g/mol. The lowest BCUT2D eigenvalue weighted by Crippen LogP contribution is -2.46. The molecule has 1 amide bonds. The standard InChI is InChI=1S/C22H36N4O2/c1-3-25-11-5-7-21(25)18-26(22(27)20-6-4-10-23-16-20)17-19-8-12-24(13-9-19)14-15-28-2/h4,6,10,16,19,21H,3,5,7-9,11-15,17-18H2,1-2H3. The van der Waals surface area contributed by atoms with Crippen molar-refractivity contribution in [1.82, 2.24) is 19.7 Å². The van der Waals surface area contributed by atoms with E-state index in [1.807, 2.05) is 12.1 Å². The van der Waals surface area contributed by atoms with E-state index in [4.69, 9.17) is 4.74 Å². The molecule has 3 heterocycles. The van der Waals surface area contributed by atoms with Crippen LogP contribution in [0.3, 0.4) is 0 Å². The number of ether oxygens (including phenoxy) is 1. The Labute approximate surface area is 169 Å². The van der Waals surface area contributed by atoms with E-state index < -0.39 is 0 Å². The predicted molar refractivity (Wildman–Crippen MR) is 111 cm³/mol. The number of piperidine rings is 1. The molecule has 2 saturated heterocycles. The molecule has 0 N–H and O–H groups in total. The molecule has 156 valence electrons. The molecule has 1 unspecified atom stereocenters. The van der Waals surface area contributed by atoms with Crippen LogP contribution in [-0.4, -0.2) is 91.2 Å². The second kappa shape index (κ2) is 10.9. The molecule has 2 fully saturated rings. The molecule has 1 aromatic heterocycles. The van der Waals surface area contributed by atoms with Crippen molar-refractivity contribution in [3.8, 4) is 0 Å². The lowest BCUT2D eigenvalue weighted by atomic mass is 9.95. The van der Waals surface area contributed by atoms with Crippen LogP contribution in [0.1, 0.15) is 43.0 Å². The van der Waals surface area contributed by atoms with Gasteiger partial charge < -0.3 is 14.5 Å². The average molecular weight is 389 g/mol. The summed E-state index contributed by atoms with van der Waals surface area (Å²) >= 11 is 0. The number of methoxy groups -OCH3 is 1. The first-order valence-corrected chi connectivity index (χ1v) is 10.9. The number of likely N-dealkylation sites (tertiary alicyclic amines) is 2. The molecule has 0 bridgehead atoms. The quantitative estimate of drug-likeness (QED) is 0.650. The first kappa shape index (κ1) is 21.2. The van der Waals surface area contributed by atoms with E-state index in [0.717, 1.165) is 65.3 Å². The van der Waals surface area contributed by atoms with Gasteiger partial charge in [-0.3, -0.25) is 14.7 Å². The maximum atomic E-state index is 13.2. The van der Waals surface area contributed by atoms with E-state index in [1.54, 1.807) is 19.5 Å². The van der Waals surface area contributed by atoms with E-state index in [-0.39, 0.29) is 5.91 Å². The summed E-state index contributed by atoms with van der Waals surface area (Å²) < 4.78 is 5.21. The number of hydrogen-bond acceptors (Lipinski definition) is 5. The van der Waals surface area contributed by atoms with Crippen LogP contribution in [0.2, 0.25) is 0 Å².